The van der Waals surface area contributed by atoms with Gasteiger partial charge in [0.15, 0.2) is 0 Å². The zero-order valence-electron chi connectivity index (χ0n) is 14.8. The van der Waals surface area contributed by atoms with Crippen LogP contribution >= 0.6 is 0 Å². The standard InChI is InChI=1S/C19H30N2O2/c1-4-17-8-6-7-13-21(17)19(22)15-20(3)14-16-9-11-18(12-10-16)23-5-2/h9-12,17H,4-8,13-15H2,1-3H3. The molecular weight excluding hydrogens is 288 g/mol. The van der Waals surface area contributed by atoms with Crippen LogP contribution in [0.4, 0.5) is 0 Å². The molecule has 4 heteroatoms. The highest BCUT2D eigenvalue weighted by Gasteiger charge is 2.25. The van der Waals surface area contributed by atoms with Crippen LogP contribution in [0.2, 0.25) is 0 Å². The van der Waals surface area contributed by atoms with Gasteiger partial charge in [0.05, 0.1) is 13.2 Å². The molecule has 1 atom stereocenters. The Balaban J connectivity index is 1.85. The average Bonchev–Trinajstić information content (AvgIpc) is 2.56. The second kappa shape index (κ2) is 8.92. The molecule has 128 valence electrons. The van der Waals surface area contributed by atoms with Crippen molar-refractivity contribution in [3.8, 4) is 5.75 Å². The van der Waals surface area contributed by atoms with Gasteiger partial charge in [-0.15, -0.1) is 0 Å². The van der Waals surface area contributed by atoms with Gasteiger partial charge >= 0.3 is 0 Å². The predicted molar refractivity (Wildman–Crippen MR) is 93.6 cm³/mol. The van der Waals surface area contributed by atoms with Crippen LogP contribution in [0.1, 0.15) is 45.1 Å². The fourth-order valence-electron chi connectivity index (χ4n) is 3.30. The van der Waals surface area contributed by atoms with E-state index in [1.54, 1.807) is 0 Å². The summed E-state index contributed by atoms with van der Waals surface area (Å²) in [4.78, 5) is 16.8. The van der Waals surface area contributed by atoms with Crippen molar-refractivity contribution < 1.29 is 9.53 Å². The lowest BCUT2D eigenvalue weighted by atomic mass is 10.00. The number of hydrogen-bond donors (Lipinski definition) is 0. The predicted octanol–water partition coefficient (Wildman–Crippen LogP) is 3.31. The van der Waals surface area contributed by atoms with Crippen LogP contribution in [0, 0.1) is 0 Å². The Morgan fingerprint density at radius 2 is 2.00 bits per heavy atom. The molecule has 1 saturated heterocycles. The number of carbonyl (C=O) groups is 1. The molecular formula is C19H30N2O2. The van der Waals surface area contributed by atoms with Crippen LogP contribution in [0.25, 0.3) is 0 Å². The molecule has 23 heavy (non-hydrogen) atoms. The van der Waals surface area contributed by atoms with Crippen molar-refractivity contribution in [1.29, 1.82) is 0 Å². The van der Waals surface area contributed by atoms with E-state index < -0.39 is 0 Å². The zero-order chi connectivity index (χ0) is 16.7. The lowest BCUT2D eigenvalue weighted by molar-refractivity contribution is -0.136. The third-order valence-electron chi connectivity index (χ3n) is 4.51. The summed E-state index contributed by atoms with van der Waals surface area (Å²) in [6, 6.07) is 8.57. The molecule has 1 heterocycles. The molecule has 1 fully saturated rings. The fourth-order valence-corrected chi connectivity index (χ4v) is 3.30. The minimum atomic E-state index is 0.269. The lowest BCUT2D eigenvalue weighted by Gasteiger charge is -2.36. The van der Waals surface area contributed by atoms with E-state index >= 15 is 0 Å². The first-order valence-electron chi connectivity index (χ1n) is 8.83. The van der Waals surface area contributed by atoms with Gasteiger partial charge in [-0.2, -0.15) is 0 Å². The number of nitrogens with zero attached hydrogens (tertiary/aromatic N) is 2. The third-order valence-corrected chi connectivity index (χ3v) is 4.51. The molecule has 1 aromatic rings. The van der Waals surface area contributed by atoms with Crippen molar-refractivity contribution in [2.75, 3.05) is 26.7 Å². The van der Waals surface area contributed by atoms with Crippen LogP contribution in [0.3, 0.4) is 0 Å². The van der Waals surface area contributed by atoms with E-state index in [2.05, 4.69) is 28.9 Å². The molecule has 4 nitrogen and oxygen atoms in total. The number of ether oxygens (including phenoxy) is 1. The first-order valence-corrected chi connectivity index (χ1v) is 8.83. The fraction of sp³-hybridized carbons (Fsp3) is 0.632. The summed E-state index contributed by atoms with van der Waals surface area (Å²) in [5, 5.41) is 0. The van der Waals surface area contributed by atoms with Crippen LogP contribution < -0.4 is 4.74 Å². The molecule has 1 aliphatic rings. The quantitative estimate of drug-likeness (QED) is 0.773. The normalized spacial score (nSPS) is 18.3. The number of piperidine rings is 1. The topological polar surface area (TPSA) is 32.8 Å². The number of benzene rings is 1. The molecule has 0 radical (unpaired) electrons. The van der Waals surface area contributed by atoms with Gasteiger partial charge in [0.25, 0.3) is 0 Å². The van der Waals surface area contributed by atoms with Gasteiger partial charge in [-0.05, 0) is 57.4 Å². The number of carbonyl (C=O) groups excluding carboxylic acids is 1. The molecule has 1 unspecified atom stereocenters. The molecule has 0 N–H and O–H groups in total. The minimum Gasteiger partial charge on any atom is -0.494 e. The molecule has 0 bridgehead atoms. The monoisotopic (exact) mass is 318 g/mol. The highest BCUT2D eigenvalue weighted by molar-refractivity contribution is 5.78. The van der Waals surface area contributed by atoms with E-state index in [0.717, 1.165) is 38.1 Å². The highest BCUT2D eigenvalue weighted by Crippen LogP contribution is 2.20. The Morgan fingerprint density at radius 1 is 1.26 bits per heavy atom. The number of amides is 1. The third kappa shape index (κ3) is 5.24. The molecule has 1 aliphatic heterocycles. The van der Waals surface area contributed by atoms with Crippen LogP contribution in [0.5, 0.6) is 5.75 Å². The van der Waals surface area contributed by atoms with Crippen molar-refractivity contribution >= 4 is 5.91 Å². The largest absolute Gasteiger partial charge is 0.494 e. The van der Waals surface area contributed by atoms with Gasteiger partial charge < -0.3 is 9.64 Å². The van der Waals surface area contributed by atoms with Crippen molar-refractivity contribution in [3.05, 3.63) is 29.8 Å². The molecule has 0 aromatic heterocycles. The SMILES string of the molecule is CCOc1ccc(CN(C)CC(=O)N2CCCCC2CC)cc1. The van der Waals surface area contributed by atoms with Crippen molar-refractivity contribution in [2.24, 2.45) is 0 Å². The Kier molecular flexibility index (Phi) is 6.90. The Morgan fingerprint density at radius 3 is 2.65 bits per heavy atom. The summed E-state index contributed by atoms with van der Waals surface area (Å²) in [7, 11) is 2.01. The molecule has 2 rings (SSSR count). The second-order valence-electron chi connectivity index (χ2n) is 6.39. The molecule has 1 amide bonds. The van der Waals surface area contributed by atoms with Crippen molar-refractivity contribution in [3.63, 3.8) is 0 Å². The summed E-state index contributed by atoms with van der Waals surface area (Å²) < 4.78 is 5.46. The molecule has 0 spiro atoms. The van der Waals surface area contributed by atoms with Gasteiger partial charge in [-0.3, -0.25) is 9.69 Å². The Bertz CT molecular complexity index is 487. The Hall–Kier alpha value is -1.55. The first kappa shape index (κ1) is 17.8. The number of likely N-dealkylation sites (N-methyl/N-ethyl adjacent to an activating group) is 1. The van der Waals surface area contributed by atoms with Crippen molar-refractivity contribution in [1.82, 2.24) is 9.80 Å². The van der Waals surface area contributed by atoms with Crippen LogP contribution in [-0.4, -0.2) is 48.5 Å². The van der Waals surface area contributed by atoms with Gasteiger partial charge in [-0.1, -0.05) is 19.1 Å². The maximum atomic E-state index is 12.6. The summed E-state index contributed by atoms with van der Waals surface area (Å²) in [6.45, 7) is 7.04. The van der Waals surface area contributed by atoms with E-state index in [1.807, 2.05) is 26.1 Å². The molecule has 0 aliphatic carbocycles. The van der Waals surface area contributed by atoms with Crippen LogP contribution in [0.15, 0.2) is 24.3 Å². The van der Waals surface area contributed by atoms with Gasteiger partial charge in [0.1, 0.15) is 5.75 Å². The number of hydrogen-bond acceptors (Lipinski definition) is 3. The summed E-state index contributed by atoms with van der Waals surface area (Å²) >= 11 is 0. The van der Waals surface area contributed by atoms with Gasteiger partial charge in [0, 0.05) is 19.1 Å². The molecule has 0 saturated carbocycles. The summed E-state index contributed by atoms with van der Waals surface area (Å²) in [5.41, 5.74) is 1.20. The van der Waals surface area contributed by atoms with Gasteiger partial charge in [-0.25, -0.2) is 0 Å². The van der Waals surface area contributed by atoms with Crippen LogP contribution in [-0.2, 0) is 11.3 Å². The smallest absolute Gasteiger partial charge is 0.236 e. The number of rotatable bonds is 7. The summed E-state index contributed by atoms with van der Waals surface area (Å²) in [5.74, 6) is 1.17. The van der Waals surface area contributed by atoms with Gasteiger partial charge in [0.2, 0.25) is 5.91 Å². The number of likely N-dealkylation sites (tertiary alicyclic amines) is 1. The van der Waals surface area contributed by atoms with E-state index in [1.165, 1.54) is 12.0 Å². The molecule has 1 aromatic carbocycles. The van der Waals surface area contributed by atoms with E-state index in [9.17, 15) is 4.79 Å². The minimum absolute atomic E-state index is 0.269. The lowest BCUT2D eigenvalue weighted by Crippen LogP contribution is -2.47. The van der Waals surface area contributed by atoms with E-state index in [0.29, 0.717) is 19.2 Å². The highest BCUT2D eigenvalue weighted by atomic mass is 16.5. The first-order chi connectivity index (χ1) is 11.1. The maximum Gasteiger partial charge on any atom is 0.236 e. The Labute approximate surface area is 140 Å². The van der Waals surface area contributed by atoms with Crippen molar-refractivity contribution in [2.45, 2.75) is 52.1 Å². The van der Waals surface area contributed by atoms with E-state index in [-0.39, 0.29) is 5.91 Å². The zero-order valence-corrected chi connectivity index (χ0v) is 14.8. The summed E-state index contributed by atoms with van der Waals surface area (Å²) in [6.07, 6.45) is 4.62. The van der Waals surface area contributed by atoms with E-state index in [4.69, 9.17) is 4.74 Å². The maximum absolute atomic E-state index is 12.6. The second-order valence-corrected chi connectivity index (χ2v) is 6.39. The average molecular weight is 318 g/mol.